The molecule has 4 rings (SSSR count). The van der Waals surface area contributed by atoms with E-state index in [2.05, 4.69) is 44.6 Å². The van der Waals surface area contributed by atoms with Crippen LogP contribution in [-0.4, -0.2) is 35.5 Å². The maximum absolute atomic E-state index is 15.5. The van der Waals surface area contributed by atoms with Crippen LogP contribution in [0.2, 0.25) is 0 Å². The van der Waals surface area contributed by atoms with Crippen molar-refractivity contribution in [3.05, 3.63) is 101 Å². The van der Waals surface area contributed by atoms with Gasteiger partial charge in [0.25, 0.3) is 5.91 Å². The number of thioether (sulfide) groups is 1. The maximum atomic E-state index is 15.5. The van der Waals surface area contributed by atoms with Crippen LogP contribution in [0.25, 0.3) is 0 Å². The number of aryl methyl sites for hydroxylation is 1. The summed E-state index contributed by atoms with van der Waals surface area (Å²) in [7, 11) is 0. The first-order valence-corrected chi connectivity index (χ1v) is 13.9. The van der Waals surface area contributed by atoms with Crippen LogP contribution < -0.4 is 21.7 Å². The highest BCUT2D eigenvalue weighted by Crippen LogP contribution is 2.38. The number of piperidine rings is 1. The fourth-order valence-corrected chi connectivity index (χ4v) is 6.21. The van der Waals surface area contributed by atoms with E-state index < -0.39 is 11.7 Å². The van der Waals surface area contributed by atoms with Crippen LogP contribution in [0.1, 0.15) is 24.0 Å². The summed E-state index contributed by atoms with van der Waals surface area (Å²) in [5, 5.41) is 10.1. The zero-order valence-electron chi connectivity index (χ0n) is 21.2. The fourth-order valence-electron chi connectivity index (χ4n) is 4.30. The van der Waals surface area contributed by atoms with Crippen LogP contribution in [0.5, 0.6) is 0 Å². The zero-order chi connectivity index (χ0) is 27.0. The minimum atomic E-state index is -0.725. The standard InChI is InChI=1S/C28H31FN6OS2/c1-19-9-13-32-23(16-19)35-27-33-17-24(38-27)37-22(8-12-30)25(29)20(2)26(36)34-18-28(10-14-31-15-11-28)21-6-4-3-5-7-21/h3-9,12-13,16-17,31H,2,10-11,14-15,18,30H2,1H3,(H,34,36)(H,32,33,35)/b12-8-,25-22-. The summed E-state index contributed by atoms with van der Waals surface area (Å²) in [6, 6.07) is 14.0. The van der Waals surface area contributed by atoms with Crippen LogP contribution in [-0.2, 0) is 10.2 Å². The summed E-state index contributed by atoms with van der Waals surface area (Å²) < 4.78 is 16.2. The second kappa shape index (κ2) is 12.9. The molecule has 3 aromatic rings. The van der Waals surface area contributed by atoms with Gasteiger partial charge < -0.3 is 21.7 Å². The highest BCUT2D eigenvalue weighted by Gasteiger charge is 2.34. The highest BCUT2D eigenvalue weighted by atomic mass is 32.2. The van der Waals surface area contributed by atoms with Crippen molar-refractivity contribution in [2.75, 3.05) is 25.0 Å². The van der Waals surface area contributed by atoms with Gasteiger partial charge in [0, 0.05) is 18.2 Å². The van der Waals surface area contributed by atoms with Gasteiger partial charge in [0.05, 0.1) is 20.9 Å². The number of carbonyl (C=O) groups excluding carboxylic acids is 1. The van der Waals surface area contributed by atoms with Crippen molar-refractivity contribution in [1.29, 1.82) is 0 Å². The number of carbonyl (C=O) groups is 1. The molecule has 1 saturated heterocycles. The third-order valence-electron chi connectivity index (χ3n) is 6.38. The molecule has 198 valence electrons. The zero-order valence-corrected chi connectivity index (χ0v) is 22.8. The number of nitrogens with zero attached hydrogens (tertiary/aromatic N) is 2. The van der Waals surface area contributed by atoms with Crippen molar-refractivity contribution in [2.24, 2.45) is 5.73 Å². The van der Waals surface area contributed by atoms with Crippen molar-refractivity contribution in [3.63, 3.8) is 0 Å². The van der Waals surface area contributed by atoms with E-state index >= 15 is 4.39 Å². The molecule has 0 aliphatic carbocycles. The van der Waals surface area contributed by atoms with Gasteiger partial charge in [0.1, 0.15) is 11.6 Å². The first kappa shape index (κ1) is 27.6. The molecular formula is C28H31FN6OS2. The van der Waals surface area contributed by atoms with Crippen molar-refractivity contribution in [2.45, 2.75) is 29.4 Å². The number of halogens is 1. The van der Waals surface area contributed by atoms with Crippen LogP contribution in [0.15, 0.2) is 94.2 Å². The molecule has 0 atom stereocenters. The van der Waals surface area contributed by atoms with Gasteiger partial charge in [-0.2, -0.15) is 0 Å². The lowest BCUT2D eigenvalue weighted by molar-refractivity contribution is -0.117. The Hall–Kier alpha value is -3.47. The number of benzene rings is 1. The Morgan fingerprint density at radius 1 is 1.26 bits per heavy atom. The molecule has 5 N–H and O–H groups in total. The van der Waals surface area contributed by atoms with Gasteiger partial charge in [-0.25, -0.2) is 14.4 Å². The number of hydrogen-bond donors (Lipinski definition) is 4. The number of nitrogens with one attached hydrogen (secondary N) is 3. The van der Waals surface area contributed by atoms with Gasteiger partial charge >= 0.3 is 0 Å². The number of anilines is 2. The summed E-state index contributed by atoms with van der Waals surface area (Å²) >= 11 is 2.47. The van der Waals surface area contributed by atoms with Gasteiger partial charge in [0.2, 0.25) is 0 Å². The molecule has 7 nitrogen and oxygen atoms in total. The molecule has 1 fully saturated rings. The summed E-state index contributed by atoms with van der Waals surface area (Å²) in [6.07, 6.45) is 7.76. The number of aromatic nitrogens is 2. The third-order valence-corrected chi connectivity index (χ3v) is 8.43. The first-order valence-electron chi connectivity index (χ1n) is 12.3. The maximum Gasteiger partial charge on any atom is 0.253 e. The van der Waals surface area contributed by atoms with Crippen LogP contribution in [0.4, 0.5) is 15.3 Å². The van der Waals surface area contributed by atoms with Crippen molar-refractivity contribution in [3.8, 4) is 0 Å². The second-order valence-electron chi connectivity index (χ2n) is 9.02. The average molecular weight is 551 g/mol. The molecule has 38 heavy (non-hydrogen) atoms. The molecule has 0 saturated carbocycles. The quantitative estimate of drug-likeness (QED) is 0.154. The van der Waals surface area contributed by atoms with Gasteiger partial charge in [-0.3, -0.25) is 4.79 Å². The molecule has 1 amide bonds. The molecule has 0 unspecified atom stereocenters. The Balaban J connectivity index is 1.45. The van der Waals surface area contributed by atoms with Gasteiger partial charge in [-0.1, -0.05) is 60.0 Å². The second-order valence-corrected chi connectivity index (χ2v) is 11.4. The minimum Gasteiger partial charge on any atom is -0.405 e. The van der Waals surface area contributed by atoms with Crippen LogP contribution in [0.3, 0.4) is 0 Å². The van der Waals surface area contributed by atoms with Crippen molar-refractivity contribution in [1.82, 2.24) is 20.6 Å². The molecule has 1 aliphatic heterocycles. The topological polar surface area (TPSA) is 105 Å². The lowest BCUT2D eigenvalue weighted by atomic mass is 9.73. The number of amides is 1. The summed E-state index contributed by atoms with van der Waals surface area (Å²) in [5.74, 6) is -0.597. The molecule has 0 bridgehead atoms. The molecular weight excluding hydrogens is 519 g/mol. The predicted molar refractivity (Wildman–Crippen MR) is 154 cm³/mol. The summed E-state index contributed by atoms with van der Waals surface area (Å²) in [5.41, 5.74) is 7.38. The van der Waals surface area contributed by atoms with Gasteiger partial charge in [-0.15, -0.1) is 0 Å². The number of nitrogens with two attached hydrogens (primary N) is 1. The molecule has 0 radical (unpaired) electrons. The SMILES string of the molecule is C=C(C(=O)NCC1(c2ccccc2)CCNCC1)/C(F)=C(\C=C/N)Sc1cnc(Nc2cc(C)ccn2)s1. The smallest absolute Gasteiger partial charge is 0.253 e. The number of rotatable bonds is 10. The van der Waals surface area contributed by atoms with E-state index in [1.165, 1.54) is 29.2 Å². The van der Waals surface area contributed by atoms with Crippen LogP contribution in [0, 0.1) is 6.92 Å². The molecule has 2 aromatic heterocycles. The largest absolute Gasteiger partial charge is 0.405 e. The number of thiazole rings is 1. The monoisotopic (exact) mass is 550 g/mol. The first-order chi connectivity index (χ1) is 18.4. The van der Waals surface area contributed by atoms with E-state index in [-0.39, 0.29) is 15.9 Å². The lowest BCUT2D eigenvalue weighted by Gasteiger charge is -2.38. The Kier molecular flexibility index (Phi) is 9.33. The van der Waals surface area contributed by atoms with E-state index in [0.29, 0.717) is 21.7 Å². The Bertz CT molecular complexity index is 1330. The van der Waals surface area contributed by atoms with E-state index in [1.54, 1.807) is 12.4 Å². The predicted octanol–water partition coefficient (Wildman–Crippen LogP) is 5.33. The summed E-state index contributed by atoms with van der Waals surface area (Å²) in [6.45, 7) is 7.84. The number of allylic oxidation sites excluding steroid dienone is 1. The number of hydrogen-bond acceptors (Lipinski definition) is 8. The molecule has 0 spiro atoms. The van der Waals surface area contributed by atoms with E-state index in [1.807, 2.05) is 37.3 Å². The van der Waals surface area contributed by atoms with E-state index in [4.69, 9.17) is 5.73 Å². The van der Waals surface area contributed by atoms with Gasteiger partial charge in [0.15, 0.2) is 5.13 Å². The minimum absolute atomic E-state index is 0.177. The average Bonchev–Trinajstić information content (AvgIpc) is 3.38. The van der Waals surface area contributed by atoms with Crippen molar-refractivity contribution < 1.29 is 9.18 Å². The van der Waals surface area contributed by atoms with E-state index in [0.717, 1.165) is 43.3 Å². The van der Waals surface area contributed by atoms with Gasteiger partial charge in [-0.05, 0) is 68.4 Å². The normalized spacial score (nSPS) is 15.6. The Morgan fingerprint density at radius 3 is 2.74 bits per heavy atom. The lowest BCUT2D eigenvalue weighted by Crippen LogP contribution is -2.47. The molecule has 10 heteroatoms. The molecule has 1 aliphatic rings. The summed E-state index contributed by atoms with van der Waals surface area (Å²) in [4.78, 5) is 21.8. The van der Waals surface area contributed by atoms with E-state index in [9.17, 15) is 4.79 Å². The Labute approximate surface area is 230 Å². The Morgan fingerprint density at radius 2 is 2.03 bits per heavy atom. The molecule has 3 heterocycles. The van der Waals surface area contributed by atoms with Crippen molar-refractivity contribution >= 4 is 40.0 Å². The third kappa shape index (κ3) is 6.89. The number of pyridine rings is 1. The highest BCUT2D eigenvalue weighted by molar-refractivity contribution is 8.05. The van der Waals surface area contributed by atoms with Crippen LogP contribution >= 0.6 is 23.1 Å². The molecule has 1 aromatic carbocycles. The fraction of sp³-hybridized carbons (Fsp3) is 0.250.